The summed E-state index contributed by atoms with van der Waals surface area (Å²) in [7, 11) is 0. The Morgan fingerprint density at radius 3 is 2.64 bits per heavy atom. The second-order valence-corrected chi connectivity index (χ2v) is 5.48. The first-order valence-corrected chi connectivity index (χ1v) is 5.76. The highest BCUT2D eigenvalue weighted by molar-refractivity contribution is 4.83. The van der Waals surface area contributed by atoms with Gasteiger partial charge in [-0.2, -0.15) is 0 Å². The Hall–Kier alpha value is -0.0800. The van der Waals surface area contributed by atoms with Crippen molar-refractivity contribution in [3.05, 3.63) is 0 Å². The van der Waals surface area contributed by atoms with E-state index < -0.39 is 0 Å². The van der Waals surface area contributed by atoms with Crippen LogP contribution in [0.3, 0.4) is 0 Å². The van der Waals surface area contributed by atoms with Gasteiger partial charge in [0.1, 0.15) is 0 Å². The highest BCUT2D eigenvalue weighted by atomic mass is 16.5. The molecular weight excluding hydrogens is 176 g/mol. The zero-order valence-corrected chi connectivity index (χ0v) is 9.75. The lowest BCUT2D eigenvalue weighted by Gasteiger charge is -2.38. The number of hydrogen-bond acceptors (Lipinski definition) is 2. The molecule has 0 radical (unpaired) electrons. The molecule has 14 heavy (non-hydrogen) atoms. The highest BCUT2D eigenvalue weighted by Gasteiger charge is 2.32. The van der Waals surface area contributed by atoms with Crippen LogP contribution in [0.2, 0.25) is 0 Å². The third-order valence-electron chi connectivity index (χ3n) is 3.00. The molecule has 2 heteroatoms. The molecule has 0 heterocycles. The second-order valence-electron chi connectivity index (χ2n) is 5.48. The summed E-state index contributed by atoms with van der Waals surface area (Å²) < 4.78 is 5.77. The van der Waals surface area contributed by atoms with Gasteiger partial charge in [0.15, 0.2) is 0 Å². The topological polar surface area (TPSA) is 29.5 Å². The van der Waals surface area contributed by atoms with Crippen molar-refractivity contribution >= 4 is 0 Å². The van der Waals surface area contributed by atoms with Gasteiger partial charge in [-0.25, -0.2) is 0 Å². The lowest BCUT2D eigenvalue weighted by atomic mass is 9.71. The fraction of sp³-hybridized carbons (Fsp3) is 1.00. The lowest BCUT2D eigenvalue weighted by molar-refractivity contribution is -0.0265. The van der Waals surface area contributed by atoms with Gasteiger partial charge in [0.25, 0.3) is 0 Å². The lowest BCUT2D eigenvalue weighted by Crippen LogP contribution is -2.32. The molecule has 2 nitrogen and oxygen atoms in total. The van der Waals surface area contributed by atoms with Crippen LogP contribution in [0, 0.1) is 11.3 Å². The first-order valence-electron chi connectivity index (χ1n) is 5.76. The maximum absolute atomic E-state index is 8.67. The average Bonchev–Trinajstić information content (AvgIpc) is 2.00. The molecule has 1 N–H and O–H groups in total. The van der Waals surface area contributed by atoms with Crippen LogP contribution in [0.25, 0.3) is 0 Å². The minimum absolute atomic E-state index is 0.242. The van der Waals surface area contributed by atoms with Gasteiger partial charge in [0, 0.05) is 13.2 Å². The van der Waals surface area contributed by atoms with Gasteiger partial charge in [-0.1, -0.05) is 20.8 Å². The summed E-state index contributed by atoms with van der Waals surface area (Å²) in [4.78, 5) is 0. The number of aliphatic hydroxyl groups is 1. The van der Waals surface area contributed by atoms with Crippen molar-refractivity contribution in [2.75, 3.05) is 13.2 Å². The highest BCUT2D eigenvalue weighted by Crippen LogP contribution is 2.39. The number of aliphatic hydroxyl groups excluding tert-OH is 1. The van der Waals surface area contributed by atoms with Crippen molar-refractivity contribution in [2.45, 2.75) is 52.6 Å². The van der Waals surface area contributed by atoms with E-state index >= 15 is 0 Å². The summed E-state index contributed by atoms with van der Waals surface area (Å²) in [5, 5.41) is 8.67. The molecule has 1 rings (SSSR count). The smallest absolute Gasteiger partial charge is 0.0582 e. The molecule has 84 valence electrons. The standard InChI is InChI=1S/C12H24O2/c1-10-7-11(14-6-4-5-13)9-12(2,3)8-10/h10-11,13H,4-9H2,1-3H3. The molecule has 1 fully saturated rings. The third kappa shape index (κ3) is 3.97. The molecule has 0 aromatic rings. The van der Waals surface area contributed by atoms with Gasteiger partial charge in [-0.05, 0) is 37.0 Å². The number of rotatable bonds is 4. The first kappa shape index (κ1) is 12.0. The van der Waals surface area contributed by atoms with Crippen molar-refractivity contribution in [1.82, 2.24) is 0 Å². The van der Waals surface area contributed by atoms with Crippen LogP contribution >= 0.6 is 0 Å². The van der Waals surface area contributed by atoms with Crippen molar-refractivity contribution in [2.24, 2.45) is 11.3 Å². The largest absolute Gasteiger partial charge is 0.396 e. The second kappa shape index (κ2) is 5.13. The monoisotopic (exact) mass is 200 g/mol. The zero-order chi connectivity index (χ0) is 10.6. The normalized spacial score (nSPS) is 31.7. The molecule has 1 saturated carbocycles. The van der Waals surface area contributed by atoms with Crippen LogP contribution < -0.4 is 0 Å². The molecule has 1 aliphatic rings. The van der Waals surface area contributed by atoms with Crippen LogP contribution in [0.4, 0.5) is 0 Å². The van der Waals surface area contributed by atoms with E-state index in [0.717, 1.165) is 12.3 Å². The average molecular weight is 200 g/mol. The fourth-order valence-electron chi connectivity index (χ4n) is 2.70. The van der Waals surface area contributed by atoms with Crippen molar-refractivity contribution < 1.29 is 9.84 Å². The summed E-state index contributed by atoms with van der Waals surface area (Å²) in [5.41, 5.74) is 0.432. The van der Waals surface area contributed by atoms with Crippen LogP contribution in [0.5, 0.6) is 0 Å². The molecule has 0 bridgehead atoms. The predicted molar refractivity (Wildman–Crippen MR) is 58.2 cm³/mol. The Balaban J connectivity index is 2.30. The minimum Gasteiger partial charge on any atom is -0.396 e. The molecule has 1 aliphatic carbocycles. The van der Waals surface area contributed by atoms with Crippen molar-refractivity contribution in [3.63, 3.8) is 0 Å². The number of ether oxygens (including phenoxy) is 1. The Labute approximate surface area is 87.7 Å². The maximum atomic E-state index is 8.67. The van der Waals surface area contributed by atoms with Gasteiger partial charge in [0.05, 0.1) is 6.10 Å². The predicted octanol–water partition coefficient (Wildman–Crippen LogP) is 2.60. The maximum Gasteiger partial charge on any atom is 0.0582 e. The van der Waals surface area contributed by atoms with E-state index in [0.29, 0.717) is 18.1 Å². The minimum atomic E-state index is 0.242. The fourth-order valence-corrected chi connectivity index (χ4v) is 2.70. The molecule has 0 spiro atoms. The Morgan fingerprint density at radius 1 is 1.36 bits per heavy atom. The molecule has 0 aromatic heterocycles. The summed E-state index contributed by atoms with van der Waals surface area (Å²) in [6.07, 6.45) is 4.86. The third-order valence-corrected chi connectivity index (χ3v) is 3.00. The summed E-state index contributed by atoms with van der Waals surface area (Å²) >= 11 is 0. The number of hydrogen-bond donors (Lipinski definition) is 1. The van der Waals surface area contributed by atoms with E-state index in [2.05, 4.69) is 20.8 Å². The summed E-state index contributed by atoms with van der Waals surface area (Å²) in [5.74, 6) is 0.776. The first-order chi connectivity index (χ1) is 6.53. The Bertz CT molecular complexity index is 166. The Morgan fingerprint density at radius 2 is 2.07 bits per heavy atom. The molecule has 2 atom stereocenters. The van der Waals surface area contributed by atoms with E-state index in [-0.39, 0.29) is 6.61 Å². The zero-order valence-electron chi connectivity index (χ0n) is 9.75. The summed E-state index contributed by atoms with van der Waals surface area (Å²) in [6.45, 7) is 7.91. The van der Waals surface area contributed by atoms with Crippen LogP contribution in [-0.2, 0) is 4.74 Å². The van der Waals surface area contributed by atoms with Crippen molar-refractivity contribution in [1.29, 1.82) is 0 Å². The van der Waals surface area contributed by atoms with Crippen LogP contribution in [0.15, 0.2) is 0 Å². The van der Waals surface area contributed by atoms with Gasteiger partial charge in [0.2, 0.25) is 0 Å². The van der Waals surface area contributed by atoms with Gasteiger partial charge < -0.3 is 9.84 Å². The van der Waals surface area contributed by atoms with Crippen LogP contribution in [-0.4, -0.2) is 24.4 Å². The SMILES string of the molecule is CC1CC(OCCCO)CC(C)(C)C1. The van der Waals surface area contributed by atoms with E-state index in [4.69, 9.17) is 9.84 Å². The van der Waals surface area contributed by atoms with Crippen LogP contribution in [0.1, 0.15) is 46.5 Å². The van der Waals surface area contributed by atoms with E-state index in [1.54, 1.807) is 0 Å². The molecular formula is C12H24O2. The van der Waals surface area contributed by atoms with E-state index in [9.17, 15) is 0 Å². The molecule has 0 aromatic carbocycles. The van der Waals surface area contributed by atoms with E-state index in [1.165, 1.54) is 19.3 Å². The molecule has 0 amide bonds. The van der Waals surface area contributed by atoms with Gasteiger partial charge in [-0.3, -0.25) is 0 Å². The van der Waals surface area contributed by atoms with E-state index in [1.807, 2.05) is 0 Å². The molecule has 0 saturated heterocycles. The Kier molecular flexibility index (Phi) is 4.39. The van der Waals surface area contributed by atoms with Gasteiger partial charge >= 0.3 is 0 Å². The van der Waals surface area contributed by atoms with Crippen molar-refractivity contribution in [3.8, 4) is 0 Å². The molecule has 0 aliphatic heterocycles. The van der Waals surface area contributed by atoms with Gasteiger partial charge in [-0.15, -0.1) is 0 Å². The quantitative estimate of drug-likeness (QED) is 0.707. The summed E-state index contributed by atoms with van der Waals surface area (Å²) in [6, 6.07) is 0. The molecule has 2 unspecified atom stereocenters.